The highest BCUT2D eigenvalue weighted by atomic mass is 16.2. The minimum Gasteiger partial charge on any atom is -0.364 e. The molecule has 2 aromatic heterocycles. The van der Waals surface area contributed by atoms with Crippen LogP contribution in [0.4, 0.5) is 5.69 Å². The second-order valence-electron chi connectivity index (χ2n) is 6.75. The van der Waals surface area contributed by atoms with Crippen molar-refractivity contribution in [2.75, 3.05) is 5.32 Å². The summed E-state index contributed by atoms with van der Waals surface area (Å²) in [4.78, 5) is 47.1. The SMILES string of the molecule is NC(=O)c1ccc(C(=O)Nc2cccc(CNC(=O)c3ccc4nccnc4c3)c2)[nH]1. The molecule has 2 aromatic carbocycles. The van der Waals surface area contributed by atoms with E-state index >= 15 is 0 Å². The van der Waals surface area contributed by atoms with Crippen molar-refractivity contribution in [1.29, 1.82) is 0 Å². The first-order valence-electron chi connectivity index (χ1n) is 9.38. The van der Waals surface area contributed by atoms with E-state index in [-0.39, 0.29) is 23.8 Å². The van der Waals surface area contributed by atoms with Gasteiger partial charge in [-0.3, -0.25) is 24.4 Å². The molecule has 4 rings (SSSR count). The lowest BCUT2D eigenvalue weighted by atomic mass is 10.1. The zero-order valence-electron chi connectivity index (χ0n) is 16.3. The summed E-state index contributed by atoms with van der Waals surface area (Å²) in [6.45, 7) is 0.273. The van der Waals surface area contributed by atoms with Gasteiger partial charge < -0.3 is 21.4 Å². The molecule has 5 N–H and O–H groups in total. The Labute approximate surface area is 176 Å². The summed E-state index contributed by atoms with van der Waals surface area (Å²) < 4.78 is 0. The fourth-order valence-electron chi connectivity index (χ4n) is 3.02. The number of H-pyrrole nitrogens is 1. The van der Waals surface area contributed by atoms with Gasteiger partial charge in [-0.15, -0.1) is 0 Å². The summed E-state index contributed by atoms with van der Waals surface area (Å²) >= 11 is 0. The summed E-state index contributed by atoms with van der Waals surface area (Å²) in [5.41, 5.74) is 8.74. The van der Waals surface area contributed by atoms with Gasteiger partial charge in [0.15, 0.2) is 0 Å². The van der Waals surface area contributed by atoms with Gasteiger partial charge in [0.2, 0.25) is 0 Å². The molecular formula is C22H18N6O3. The van der Waals surface area contributed by atoms with E-state index in [4.69, 9.17) is 5.73 Å². The normalized spacial score (nSPS) is 10.6. The smallest absolute Gasteiger partial charge is 0.272 e. The topological polar surface area (TPSA) is 143 Å². The number of hydrogen-bond acceptors (Lipinski definition) is 5. The van der Waals surface area contributed by atoms with E-state index in [0.717, 1.165) is 5.56 Å². The number of fused-ring (bicyclic) bond motifs is 1. The van der Waals surface area contributed by atoms with Gasteiger partial charge in [0.05, 0.1) is 11.0 Å². The second-order valence-corrected chi connectivity index (χ2v) is 6.75. The number of carbonyl (C=O) groups is 3. The lowest BCUT2D eigenvalue weighted by molar-refractivity contribution is 0.0948. The molecule has 0 aliphatic carbocycles. The highest BCUT2D eigenvalue weighted by Gasteiger charge is 2.12. The van der Waals surface area contributed by atoms with Crippen molar-refractivity contribution in [2.24, 2.45) is 5.73 Å². The van der Waals surface area contributed by atoms with Crippen LogP contribution in [0.5, 0.6) is 0 Å². The highest BCUT2D eigenvalue weighted by molar-refractivity contribution is 6.04. The number of hydrogen-bond donors (Lipinski definition) is 4. The van der Waals surface area contributed by atoms with Gasteiger partial charge >= 0.3 is 0 Å². The minimum atomic E-state index is -0.643. The first kappa shape index (κ1) is 19.8. The van der Waals surface area contributed by atoms with Crippen LogP contribution in [0.2, 0.25) is 0 Å². The van der Waals surface area contributed by atoms with Gasteiger partial charge in [0, 0.05) is 30.2 Å². The number of carbonyl (C=O) groups excluding carboxylic acids is 3. The highest BCUT2D eigenvalue weighted by Crippen LogP contribution is 2.14. The zero-order chi connectivity index (χ0) is 21.8. The van der Waals surface area contributed by atoms with Crippen LogP contribution in [0.15, 0.2) is 67.0 Å². The van der Waals surface area contributed by atoms with Crippen molar-refractivity contribution in [3.8, 4) is 0 Å². The third-order valence-corrected chi connectivity index (χ3v) is 4.57. The molecule has 9 heteroatoms. The third kappa shape index (κ3) is 4.56. The number of nitrogens with zero attached hydrogens (tertiary/aromatic N) is 2. The van der Waals surface area contributed by atoms with E-state index < -0.39 is 11.8 Å². The number of anilines is 1. The average Bonchev–Trinajstić information content (AvgIpc) is 3.28. The van der Waals surface area contributed by atoms with E-state index in [1.54, 1.807) is 48.8 Å². The summed E-state index contributed by atoms with van der Waals surface area (Å²) in [5.74, 6) is -1.30. The Bertz CT molecular complexity index is 1300. The third-order valence-electron chi connectivity index (χ3n) is 4.57. The average molecular weight is 414 g/mol. The van der Waals surface area contributed by atoms with Crippen molar-refractivity contribution in [3.05, 3.63) is 89.5 Å². The molecule has 0 unspecified atom stereocenters. The van der Waals surface area contributed by atoms with Crippen LogP contribution >= 0.6 is 0 Å². The molecule has 0 saturated carbocycles. The molecule has 0 spiro atoms. The predicted octanol–water partition coefficient (Wildman–Crippen LogP) is 2.24. The monoisotopic (exact) mass is 414 g/mol. The Kier molecular flexibility index (Phi) is 5.39. The van der Waals surface area contributed by atoms with Crippen LogP contribution in [0, 0.1) is 0 Å². The molecule has 0 bridgehead atoms. The van der Waals surface area contributed by atoms with E-state index in [9.17, 15) is 14.4 Å². The molecule has 9 nitrogen and oxygen atoms in total. The maximum Gasteiger partial charge on any atom is 0.272 e. The largest absolute Gasteiger partial charge is 0.364 e. The number of nitrogens with one attached hydrogen (secondary N) is 3. The van der Waals surface area contributed by atoms with Gasteiger partial charge in [-0.05, 0) is 48.0 Å². The maximum absolute atomic E-state index is 12.5. The number of nitrogens with two attached hydrogens (primary N) is 1. The summed E-state index contributed by atoms with van der Waals surface area (Å²) in [6, 6.07) is 15.1. The molecule has 0 atom stereocenters. The Hall–Kier alpha value is -4.53. The van der Waals surface area contributed by atoms with E-state index in [1.807, 2.05) is 6.07 Å². The van der Waals surface area contributed by atoms with Crippen LogP contribution in [-0.2, 0) is 6.54 Å². The van der Waals surface area contributed by atoms with Crippen LogP contribution in [0.3, 0.4) is 0 Å². The Morgan fingerprint density at radius 3 is 2.42 bits per heavy atom. The molecule has 0 radical (unpaired) electrons. The summed E-state index contributed by atoms with van der Waals surface area (Å²) in [5, 5.41) is 5.59. The van der Waals surface area contributed by atoms with Crippen molar-refractivity contribution in [1.82, 2.24) is 20.3 Å². The van der Waals surface area contributed by atoms with Crippen molar-refractivity contribution >= 4 is 34.4 Å². The fourth-order valence-corrected chi connectivity index (χ4v) is 3.02. The Balaban J connectivity index is 1.40. The molecule has 4 aromatic rings. The molecule has 0 aliphatic heterocycles. The maximum atomic E-state index is 12.5. The minimum absolute atomic E-state index is 0.154. The Morgan fingerprint density at radius 2 is 1.65 bits per heavy atom. The second kappa shape index (κ2) is 8.46. The molecule has 0 saturated heterocycles. The zero-order valence-corrected chi connectivity index (χ0v) is 16.3. The van der Waals surface area contributed by atoms with Gasteiger partial charge in [-0.25, -0.2) is 0 Å². The number of aromatic amines is 1. The van der Waals surface area contributed by atoms with Crippen molar-refractivity contribution in [3.63, 3.8) is 0 Å². The lowest BCUT2D eigenvalue weighted by Gasteiger charge is -2.09. The van der Waals surface area contributed by atoms with Crippen molar-refractivity contribution in [2.45, 2.75) is 6.54 Å². The van der Waals surface area contributed by atoms with Crippen LogP contribution < -0.4 is 16.4 Å². The van der Waals surface area contributed by atoms with Crippen LogP contribution in [0.25, 0.3) is 11.0 Å². The fraction of sp³-hybridized carbons (Fsp3) is 0.0455. The number of amides is 3. The van der Waals surface area contributed by atoms with Gasteiger partial charge in [0.1, 0.15) is 11.4 Å². The van der Waals surface area contributed by atoms with Crippen molar-refractivity contribution < 1.29 is 14.4 Å². The van der Waals surface area contributed by atoms with E-state index in [1.165, 1.54) is 12.1 Å². The summed E-state index contributed by atoms with van der Waals surface area (Å²) in [6.07, 6.45) is 3.17. The van der Waals surface area contributed by atoms with Gasteiger partial charge in [-0.2, -0.15) is 0 Å². The number of aromatic nitrogens is 3. The predicted molar refractivity (Wildman–Crippen MR) is 114 cm³/mol. The molecule has 154 valence electrons. The van der Waals surface area contributed by atoms with E-state index in [2.05, 4.69) is 25.6 Å². The molecule has 0 fully saturated rings. The molecule has 31 heavy (non-hydrogen) atoms. The Morgan fingerprint density at radius 1 is 0.871 bits per heavy atom. The standard InChI is InChI=1S/C22H18N6O3/c23-20(29)17-6-7-18(28-17)22(31)27-15-3-1-2-13(10-15)12-26-21(30)14-4-5-16-19(11-14)25-9-8-24-16/h1-11,28H,12H2,(H2,23,29)(H,26,30)(H,27,31). The van der Waals surface area contributed by atoms with Crippen LogP contribution in [-0.4, -0.2) is 32.7 Å². The van der Waals surface area contributed by atoms with Crippen LogP contribution in [0.1, 0.15) is 36.9 Å². The van der Waals surface area contributed by atoms with Gasteiger partial charge in [0.25, 0.3) is 17.7 Å². The number of rotatable bonds is 6. The molecule has 2 heterocycles. The summed E-state index contributed by atoms with van der Waals surface area (Å²) in [7, 11) is 0. The first-order valence-corrected chi connectivity index (χ1v) is 9.38. The first-order chi connectivity index (χ1) is 15.0. The molecule has 3 amide bonds. The lowest BCUT2D eigenvalue weighted by Crippen LogP contribution is -2.23. The van der Waals surface area contributed by atoms with E-state index in [0.29, 0.717) is 22.3 Å². The quantitative estimate of drug-likeness (QED) is 0.383. The molecule has 0 aliphatic rings. The van der Waals surface area contributed by atoms with Gasteiger partial charge in [-0.1, -0.05) is 12.1 Å². The number of primary amides is 1. The number of benzene rings is 2. The molecular weight excluding hydrogens is 396 g/mol.